The van der Waals surface area contributed by atoms with Gasteiger partial charge in [-0.25, -0.2) is 14.4 Å². The van der Waals surface area contributed by atoms with Crippen LogP contribution in [-0.2, 0) is 6.54 Å². The Morgan fingerprint density at radius 2 is 1.89 bits per heavy atom. The number of anilines is 2. The molecule has 144 valence electrons. The second kappa shape index (κ2) is 8.08. The van der Waals surface area contributed by atoms with Crippen LogP contribution in [0.5, 0.6) is 0 Å². The Labute approximate surface area is 161 Å². The maximum atomic E-state index is 13.1. The van der Waals surface area contributed by atoms with Gasteiger partial charge in [-0.1, -0.05) is 0 Å². The van der Waals surface area contributed by atoms with Crippen LogP contribution in [0, 0.1) is 5.82 Å². The lowest BCUT2D eigenvalue weighted by atomic mass is 10.2. The number of carbonyl (C=O) groups is 1. The van der Waals surface area contributed by atoms with Gasteiger partial charge in [0.25, 0.3) is 5.91 Å². The fraction of sp³-hybridized carbons (Fsp3) is 0.250. The summed E-state index contributed by atoms with van der Waals surface area (Å²) in [6, 6.07) is 11.7. The van der Waals surface area contributed by atoms with Crippen LogP contribution in [0.15, 0.2) is 59.3 Å². The van der Waals surface area contributed by atoms with Gasteiger partial charge >= 0.3 is 0 Å². The Morgan fingerprint density at radius 3 is 2.61 bits per heavy atom. The molecule has 1 aromatic carbocycles. The fourth-order valence-electron chi connectivity index (χ4n) is 3.12. The highest BCUT2D eigenvalue weighted by molar-refractivity contribution is 5.92. The van der Waals surface area contributed by atoms with E-state index in [2.05, 4.69) is 20.2 Å². The molecule has 0 atom stereocenters. The zero-order valence-electron chi connectivity index (χ0n) is 15.2. The van der Waals surface area contributed by atoms with E-state index in [4.69, 9.17) is 4.42 Å². The number of hydrogen-bond donors (Lipinski definition) is 1. The number of amides is 1. The number of carbonyl (C=O) groups excluding carboxylic acids is 1. The van der Waals surface area contributed by atoms with E-state index in [1.807, 2.05) is 12.1 Å². The average molecular weight is 381 g/mol. The Balaban J connectivity index is 1.35. The van der Waals surface area contributed by atoms with Crippen LogP contribution in [-0.4, -0.2) is 47.0 Å². The molecule has 4 rings (SSSR count). The van der Waals surface area contributed by atoms with Gasteiger partial charge in [0.1, 0.15) is 17.3 Å². The van der Waals surface area contributed by atoms with Gasteiger partial charge in [-0.05, 0) is 42.5 Å². The zero-order valence-corrected chi connectivity index (χ0v) is 15.2. The molecule has 1 fully saturated rings. The van der Waals surface area contributed by atoms with Gasteiger partial charge in [0, 0.05) is 38.1 Å². The number of nitrogens with one attached hydrogen (secondary N) is 1. The van der Waals surface area contributed by atoms with Crippen LogP contribution >= 0.6 is 0 Å². The molecule has 1 aliphatic rings. The summed E-state index contributed by atoms with van der Waals surface area (Å²) >= 11 is 0. The molecule has 0 bridgehead atoms. The fourth-order valence-corrected chi connectivity index (χ4v) is 3.12. The van der Waals surface area contributed by atoms with E-state index in [1.54, 1.807) is 35.6 Å². The highest BCUT2D eigenvalue weighted by atomic mass is 19.1. The first kappa shape index (κ1) is 18.0. The second-order valence-electron chi connectivity index (χ2n) is 6.45. The summed E-state index contributed by atoms with van der Waals surface area (Å²) < 4.78 is 18.3. The molecule has 1 aliphatic heterocycles. The number of nitrogens with zero attached hydrogens (tertiary/aromatic N) is 4. The maximum Gasteiger partial charge on any atom is 0.272 e. The molecule has 1 amide bonds. The Hall–Kier alpha value is -3.42. The summed E-state index contributed by atoms with van der Waals surface area (Å²) in [5.41, 5.74) is 1.31. The van der Waals surface area contributed by atoms with E-state index in [1.165, 1.54) is 12.1 Å². The van der Waals surface area contributed by atoms with Crippen molar-refractivity contribution >= 4 is 17.5 Å². The van der Waals surface area contributed by atoms with E-state index in [0.29, 0.717) is 44.4 Å². The van der Waals surface area contributed by atoms with E-state index >= 15 is 0 Å². The lowest BCUT2D eigenvalue weighted by Gasteiger charge is -2.36. The molecule has 1 saturated heterocycles. The summed E-state index contributed by atoms with van der Waals surface area (Å²) in [5, 5.41) is 3.05. The molecule has 0 spiro atoms. The van der Waals surface area contributed by atoms with E-state index in [0.717, 1.165) is 11.4 Å². The third-order valence-electron chi connectivity index (χ3n) is 4.63. The number of aromatic nitrogens is 2. The monoisotopic (exact) mass is 381 g/mol. The molecular formula is C20H20FN5O2. The van der Waals surface area contributed by atoms with Crippen molar-refractivity contribution in [3.63, 3.8) is 0 Å². The highest BCUT2D eigenvalue weighted by Crippen LogP contribution is 2.18. The second-order valence-corrected chi connectivity index (χ2v) is 6.45. The van der Waals surface area contributed by atoms with Crippen LogP contribution in [0.2, 0.25) is 0 Å². The summed E-state index contributed by atoms with van der Waals surface area (Å²) in [4.78, 5) is 25.2. The van der Waals surface area contributed by atoms with Crippen molar-refractivity contribution in [2.24, 2.45) is 0 Å². The van der Waals surface area contributed by atoms with Crippen LogP contribution in [0.1, 0.15) is 16.2 Å². The standard InChI is InChI=1S/C20H20FN5O2/c21-15-3-5-16(6-4-15)25-9-11-26(12-10-25)19(27)18-7-8-22-20(24-18)23-14-17-2-1-13-28-17/h1-8,13H,9-12,14H2,(H,22,23,24). The third kappa shape index (κ3) is 4.11. The van der Waals surface area contributed by atoms with Crippen molar-refractivity contribution in [2.45, 2.75) is 6.54 Å². The lowest BCUT2D eigenvalue weighted by Crippen LogP contribution is -2.49. The van der Waals surface area contributed by atoms with Crippen molar-refractivity contribution in [3.8, 4) is 0 Å². The molecule has 1 N–H and O–H groups in total. The molecule has 0 radical (unpaired) electrons. The maximum absolute atomic E-state index is 13.1. The molecule has 0 saturated carbocycles. The quantitative estimate of drug-likeness (QED) is 0.733. The van der Waals surface area contributed by atoms with Crippen LogP contribution in [0.4, 0.5) is 16.0 Å². The number of furan rings is 1. The molecule has 7 nitrogen and oxygen atoms in total. The molecule has 0 aliphatic carbocycles. The smallest absolute Gasteiger partial charge is 0.272 e. The van der Waals surface area contributed by atoms with E-state index < -0.39 is 0 Å². The number of halogens is 1. The Morgan fingerprint density at radius 1 is 1.11 bits per heavy atom. The highest BCUT2D eigenvalue weighted by Gasteiger charge is 2.23. The minimum atomic E-state index is -0.252. The number of benzene rings is 1. The minimum Gasteiger partial charge on any atom is -0.467 e. The van der Waals surface area contributed by atoms with Crippen molar-refractivity contribution in [2.75, 3.05) is 36.4 Å². The largest absolute Gasteiger partial charge is 0.467 e. The van der Waals surface area contributed by atoms with Crippen molar-refractivity contribution in [1.29, 1.82) is 0 Å². The molecule has 3 heterocycles. The van der Waals surface area contributed by atoms with Gasteiger partial charge in [0.15, 0.2) is 0 Å². The summed E-state index contributed by atoms with van der Waals surface area (Å²) in [5.74, 6) is 0.768. The molecular weight excluding hydrogens is 361 g/mol. The SMILES string of the molecule is O=C(c1ccnc(NCc2ccco2)n1)N1CCN(c2ccc(F)cc2)CC1. The first-order chi connectivity index (χ1) is 13.7. The van der Waals surface area contributed by atoms with Gasteiger partial charge in [0.05, 0.1) is 12.8 Å². The predicted molar refractivity (Wildman–Crippen MR) is 103 cm³/mol. The predicted octanol–water partition coefficient (Wildman–Crippen LogP) is 2.78. The lowest BCUT2D eigenvalue weighted by molar-refractivity contribution is 0.0741. The first-order valence-corrected chi connectivity index (χ1v) is 9.08. The minimum absolute atomic E-state index is 0.123. The third-order valence-corrected chi connectivity index (χ3v) is 4.63. The van der Waals surface area contributed by atoms with Gasteiger partial charge < -0.3 is 19.5 Å². The van der Waals surface area contributed by atoms with E-state index in [9.17, 15) is 9.18 Å². The normalized spacial score (nSPS) is 14.2. The van der Waals surface area contributed by atoms with Gasteiger partial charge in [-0.3, -0.25) is 4.79 Å². The van der Waals surface area contributed by atoms with Crippen molar-refractivity contribution in [3.05, 3.63) is 72.2 Å². The molecule has 2 aromatic heterocycles. The van der Waals surface area contributed by atoms with Crippen LogP contribution < -0.4 is 10.2 Å². The summed E-state index contributed by atoms with van der Waals surface area (Å²) in [6.45, 7) is 2.98. The number of hydrogen-bond acceptors (Lipinski definition) is 6. The Kier molecular flexibility index (Phi) is 5.18. The molecule has 0 unspecified atom stereocenters. The van der Waals surface area contributed by atoms with Gasteiger partial charge in [-0.15, -0.1) is 0 Å². The molecule has 3 aromatic rings. The molecule has 8 heteroatoms. The van der Waals surface area contributed by atoms with E-state index in [-0.39, 0.29) is 11.7 Å². The zero-order chi connectivity index (χ0) is 19.3. The average Bonchev–Trinajstić information content (AvgIpc) is 3.26. The number of piperazine rings is 1. The van der Waals surface area contributed by atoms with Gasteiger partial charge in [-0.2, -0.15) is 0 Å². The first-order valence-electron chi connectivity index (χ1n) is 9.08. The topological polar surface area (TPSA) is 74.5 Å². The van der Waals surface area contributed by atoms with Crippen molar-refractivity contribution < 1.29 is 13.6 Å². The van der Waals surface area contributed by atoms with Crippen molar-refractivity contribution in [1.82, 2.24) is 14.9 Å². The Bertz CT molecular complexity index is 922. The summed E-state index contributed by atoms with van der Waals surface area (Å²) in [7, 11) is 0. The van der Waals surface area contributed by atoms with Gasteiger partial charge in [0.2, 0.25) is 5.95 Å². The molecule has 28 heavy (non-hydrogen) atoms. The van der Waals surface area contributed by atoms with Crippen LogP contribution in [0.3, 0.4) is 0 Å². The van der Waals surface area contributed by atoms with Crippen LogP contribution in [0.25, 0.3) is 0 Å². The summed E-state index contributed by atoms with van der Waals surface area (Å²) in [6.07, 6.45) is 3.17. The number of rotatable bonds is 5.